The first kappa shape index (κ1) is 25.7. The molecule has 36 heavy (non-hydrogen) atoms. The van der Waals surface area contributed by atoms with Crippen LogP contribution in [0.1, 0.15) is 50.9 Å². The number of piperazine rings is 1. The van der Waals surface area contributed by atoms with Gasteiger partial charge < -0.3 is 9.47 Å². The van der Waals surface area contributed by atoms with Crippen LogP contribution in [0.5, 0.6) is 0 Å². The molecule has 4 rings (SSSR count). The molecule has 0 aromatic carbocycles. The van der Waals surface area contributed by atoms with Crippen molar-refractivity contribution in [2.24, 2.45) is 7.05 Å². The van der Waals surface area contributed by atoms with Gasteiger partial charge in [-0.2, -0.15) is 23.5 Å². The zero-order valence-corrected chi connectivity index (χ0v) is 20.8. The molecular formula is C25H30F3N7O. The molecule has 11 heteroatoms. The van der Waals surface area contributed by atoms with Crippen molar-refractivity contribution < 1.29 is 13.2 Å². The highest BCUT2D eigenvalue weighted by Gasteiger charge is 2.37. The van der Waals surface area contributed by atoms with Gasteiger partial charge in [-0.15, -0.1) is 0 Å². The number of aromatic nitrogens is 4. The molecule has 3 atom stereocenters. The molecule has 3 aromatic rings. The first-order valence-corrected chi connectivity index (χ1v) is 12.1. The minimum atomic E-state index is -4.42. The third kappa shape index (κ3) is 4.69. The summed E-state index contributed by atoms with van der Waals surface area (Å²) in [7, 11) is 1.69. The van der Waals surface area contributed by atoms with Gasteiger partial charge in [-0.05, 0) is 31.9 Å². The summed E-state index contributed by atoms with van der Waals surface area (Å²) in [6.07, 6.45) is -0.187. The van der Waals surface area contributed by atoms with Gasteiger partial charge in [0.2, 0.25) is 0 Å². The minimum absolute atomic E-state index is 0.0566. The van der Waals surface area contributed by atoms with Crippen molar-refractivity contribution in [3.63, 3.8) is 0 Å². The van der Waals surface area contributed by atoms with Crippen LogP contribution in [0, 0.1) is 11.3 Å². The summed E-state index contributed by atoms with van der Waals surface area (Å²) in [4.78, 5) is 21.5. The Morgan fingerprint density at radius 3 is 2.50 bits per heavy atom. The van der Waals surface area contributed by atoms with E-state index in [-0.39, 0.29) is 30.2 Å². The second kappa shape index (κ2) is 9.93. The van der Waals surface area contributed by atoms with E-state index in [1.807, 2.05) is 6.92 Å². The molecule has 192 valence electrons. The highest BCUT2D eigenvalue weighted by molar-refractivity contribution is 5.88. The van der Waals surface area contributed by atoms with Crippen LogP contribution in [-0.2, 0) is 19.8 Å². The van der Waals surface area contributed by atoms with Crippen molar-refractivity contribution in [3.05, 3.63) is 52.2 Å². The summed E-state index contributed by atoms with van der Waals surface area (Å²) >= 11 is 0. The molecule has 0 saturated carbocycles. The Morgan fingerprint density at radius 2 is 1.92 bits per heavy atom. The first-order chi connectivity index (χ1) is 17.1. The second-order valence-electron chi connectivity index (χ2n) is 9.26. The van der Waals surface area contributed by atoms with Crippen molar-refractivity contribution in [2.75, 3.05) is 18.0 Å². The maximum atomic E-state index is 13.0. The lowest BCUT2D eigenvalue weighted by molar-refractivity contribution is -0.137. The highest BCUT2D eigenvalue weighted by Crippen LogP contribution is 2.35. The van der Waals surface area contributed by atoms with Gasteiger partial charge in [0.05, 0.1) is 34.7 Å². The maximum absolute atomic E-state index is 13.0. The van der Waals surface area contributed by atoms with E-state index in [0.717, 1.165) is 30.8 Å². The number of nitrogens with zero attached hydrogens (tertiary/aromatic N) is 7. The highest BCUT2D eigenvalue weighted by atomic mass is 19.4. The van der Waals surface area contributed by atoms with E-state index in [0.29, 0.717) is 29.8 Å². The smallest absolute Gasteiger partial charge is 0.364 e. The molecule has 0 bridgehead atoms. The van der Waals surface area contributed by atoms with E-state index in [2.05, 4.69) is 39.8 Å². The van der Waals surface area contributed by atoms with Gasteiger partial charge in [-0.3, -0.25) is 19.4 Å². The summed E-state index contributed by atoms with van der Waals surface area (Å²) in [5.41, 5.74) is 1.77. The van der Waals surface area contributed by atoms with E-state index >= 15 is 0 Å². The second-order valence-corrected chi connectivity index (χ2v) is 9.26. The van der Waals surface area contributed by atoms with Gasteiger partial charge in [-0.25, -0.2) is 0 Å². The standard InChI is InChI=1S/C25H30F3N7O/c1-5-18-14-35(21-11-23(36)32(4)22-15-33(10-9-29)31-24(21)22)19(6-2)13-34(18)16(3)20-8-7-17(12-30-20)25(26,27)28/h7-8,11-12,15-16,18-19H,5-6,10,13-14H2,1-4H3/t16?,18-,19+/m1/s1. The number of halogens is 3. The van der Waals surface area contributed by atoms with E-state index in [1.165, 1.54) is 10.6 Å². The van der Waals surface area contributed by atoms with Crippen molar-refractivity contribution >= 4 is 16.7 Å². The molecule has 0 N–H and O–H groups in total. The average Bonchev–Trinajstić information content (AvgIpc) is 3.29. The van der Waals surface area contributed by atoms with Crippen LogP contribution in [-0.4, -0.2) is 49.4 Å². The fourth-order valence-corrected chi connectivity index (χ4v) is 5.06. The van der Waals surface area contributed by atoms with E-state index in [4.69, 9.17) is 5.26 Å². The molecule has 1 saturated heterocycles. The van der Waals surface area contributed by atoms with Crippen LogP contribution in [0.25, 0.3) is 11.0 Å². The van der Waals surface area contributed by atoms with Gasteiger partial charge in [-0.1, -0.05) is 13.8 Å². The van der Waals surface area contributed by atoms with Gasteiger partial charge in [0.15, 0.2) is 0 Å². The Morgan fingerprint density at radius 1 is 1.19 bits per heavy atom. The van der Waals surface area contributed by atoms with E-state index in [1.54, 1.807) is 24.0 Å². The number of hydrogen-bond donors (Lipinski definition) is 0. The molecule has 1 unspecified atom stereocenters. The Balaban J connectivity index is 1.68. The number of hydrogen-bond acceptors (Lipinski definition) is 6. The normalized spacial score (nSPS) is 20.0. The predicted molar refractivity (Wildman–Crippen MR) is 130 cm³/mol. The van der Waals surface area contributed by atoms with Gasteiger partial charge in [0.1, 0.15) is 12.1 Å². The van der Waals surface area contributed by atoms with Crippen molar-refractivity contribution in [1.82, 2.24) is 24.2 Å². The molecule has 1 fully saturated rings. The number of rotatable bonds is 6. The fourth-order valence-electron chi connectivity index (χ4n) is 5.06. The Kier molecular flexibility index (Phi) is 7.09. The molecule has 1 aliphatic rings. The number of aryl methyl sites for hydroxylation is 1. The number of anilines is 1. The first-order valence-electron chi connectivity index (χ1n) is 12.1. The van der Waals surface area contributed by atoms with Crippen LogP contribution in [0.4, 0.5) is 18.9 Å². The largest absolute Gasteiger partial charge is 0.417 e. The number of pyridine rings is 2. The maximum Gasteiger partial charge on any atom is 0.417 e. The lowest BCUT2D eigenvalue weighted by Gasteiger charge is -2.49. The van der Waals surface area contributed by atoms with Crippen LogP contribution >= 0.6 is 0 Å². The van der Waals surface area contributed by atoms with Gasteiger partial charge in [0.25, 0.3) is 5.56 Å². The zero-order valence-electron chi connectivity index (χ0n) is 20.8. The van der Waals surface area contributed by atoms with Crippen molar-refractivity contribution in [2.45, 2.75) is 64.5 Å². The lowest BCUT2D eigenvalue weighted by Crippen LogP contribution is -2.59. The molecule has 0 amide bonds. The quantitative estimate of drug-likeness (QED) is 0.506. The average molecular weight is 502 g/mol. The Bertz CT molecular complexity index is 1320. The molecule has 3 aromatic heterocycles. The van der Waals surface area contributed by atoms with Gasteiger partial charge in [0, 0.05) is 50.5 Å². The summed E-state index contributed by atoms with van der Waals surface area (Å²) in [6.45, 7) is 7.51. The summed E-state index contributed by atoms with van der Waals surface area (Å²) < 4.78 is 42.1. The molecular weight excluding hydrogens is 471 g/mol. The minimum Gasteiger partial charge on any atom is -0.364 e. The third-order valence-corrected chi connectivity index (χ3v) is 7.20. The van der Waals surface area contributed by atoms with Gasteiger partial charge >= 0.3 is 6.18 Å². The summed E-state index contributed by atoms with van der Waals surface area (Å²) in [5.74, 6) is 0. The molecule has 0 aliphatic carbocycles. The molecule has 4 heterocycles. The van der Waals surface area contributed by atoms with Crippen LogP contribution in [0.3, 0.4) is 0 Å². The van der Waals surface area contributed by atoms with Crippen LogP contribution < -0.4 is 10.5 Å². The number of alkyl halides is 3. The monoisotopic (exact) mass is 501 g/mol. The Labute approximate surface area is 207 Å². The van der Waals surface area contributed by atoms with Crippen LogP contribution in [0.2, 0.25) is 0 Å². The topological polar surface area (TPSA) is 83.0 Å². The number of nitriles is 1. The molecule has 8 nitrogen and oxygen atoms in total. The third-order valence-electron chi connectivity index (χ3n) is 7.20. The molecule has 0 spiro atoms. The zero-order chi connectivity index (χ0) is 26.2. The van der Waals surface area contributed by atoms with E-state index in [9.17, 15) is 18.0 Å². The van der Waals surface area contributed by atoms with Crippen molar-refractivity contribution in [3.8, 4) is 6.07 Å². The lowest BCUT2D eigenvalue weighted by atomic mass is 9.98. The van der Waals surface area contributed by atoms with Crippen molar-refractivity contribution in [1.29, 1.82) is 5.26 Å². The Hall–Kier alpha value is -3.39. The fraction of sp³-hybridized carbons (Fsp3) is 0.520. The summed E-state index contributed by atoms with van der Waals surface area (Å²) in [6, 6.07) is 6.21. The molecule has 0 radical (unpaired) electrons. The predicted octanol–water partition coefficient (Wildman–Crippen LogP) is 4.11. The SMILES string of the molecule is CC[C@H]1CN(C(C)c2ccc(C(F)(F)F)cn2)[C@H](CC)CN1c1cc(=O)n(C)c2cn(CC#N)nc12. The summed E-state index contributed by atoms with van der Waals surface area (Å²) in [5, 5.41) is 13.7. The number of fused-ring (bicyclic) bond motifs is 1. The molecule has 1 aliphatic heterocycles. The van der Waals surface area contributed by atoms with Crippen LogP contribution in [0.15, 0.2) is 35.4 Å². The van der Waals surface area contributed by atoms with E-state index < -0.39 is 11.7 Å².